The fourth-order valence-electron chi connectivity index (χ4n) is 1.40. The summed E-state index contributed by atoms with van der Waals surface area (Å²) < 4.78 is 0. The molecule has 0 aromatic rings. The largest absolute Gasteiger partial charge is 0.288 e. The molecule has 0 aromatic carbocycles. The van der Waals surface area contributed by atoms with Crippen LogP contribution in [-0.4, -0.2) is 12.8 Å². The fourth-order valence-corrected chi connectivity index (χ4v) is 1.40. The molecule has 0 N–H and O–H groups in total. The first-order valence-corrected chi connectivity index (χ1v) is 5.04. The summed E-state index contributed by atoms with van der Waals surface area (Å²) in [7, 11) is 1.84. The molecule has 1 nitrogen and oxygen atoms in total. The molecule has 1 heteroatoms. The standard InChI is InChI=1S/C13H21N/c1-7-10(4)11(5)13(14-6)12(8-2)9-3/h7-8H,1,9H2,2-6H3/b11-10-,12-8-,14-13?. The van der Waals surface area contributed by atoms with Crippen LogP contribution in [0, 0.1) is 0 Å². The molecule has 0 aliphatic heterocycles. The first kappa shape index (κ1) is 12.9. The monoisotopic (exact) mass is 191 g/mol. The molecule has 0 saturated heterocycles. The third-order valence-corrected chi connectivity index (χ3v) is 2.51. The molecule has 0 aliphatic carbocycles. The van der Waals surface area contributed by atoms with Crippen LogP contribution in [0.2, 0.25) is 0 Å². The summed E-state index contributed by atoms with van der Waals surface area (Å²) in [5.74, 6) is 0. The van der Waals surface area contributed by atoms with Gasteiger partial charge in [-0.05, 0) is 43.9 Å². The van der Waals surface area contributed by atoms with E-state index in [-0.39, 0.29) is 0 Å². The molecule has 0 bridgehead atoms. The molecular formula is C13H21N. The van der Waals surface area contributed by atoms with E-state index in [0.717, 1.165) is 12.1 Å². The highest BCUT2D eigenvalue weighted by Gasteiger charge is 2.07. The number of allylic oxidation sites excluding steroid dienone is 5. The summed E-state index contributed by atoms with van der Waals surface area (Å²) in [6, 6.07) is 0. The van der Waals surface area contributed by atoms with Crippen molar-refractivity contribution >= 4 is 5.71 Å². The minimum atomic E-state index is 1.02. The Bertz CT molecular complexity index is 290. The van der Waals surface area contributed by atoms with E-state index in [1.165, 1.54) is 16.7 Å². The Morgan fingerprint density at radius 1 is 1.36 bits per heavy atom. The van der Waals surface area contributed by atoms with E-state index in [0.29, 0.717) is 0 Å². The van der Waals surface area contributed by atoms with Crippen molar-refractivity contribution in [3.63, 3.8) is 0 Å². The van der Waals surface area contributed by atoms with Gasteiger partial charge in [0.1, 0.15) is 0 Å². The van der Waals surface area contributed by atoms with E-state index in [1.54, 1.807) is 0 Å². The zero-order valence-electron chi connectivity index (χ0n) is 10.0. The van der Waals surface area contributed by atoms with Gasteiger partial charge in [0.25, 0.3) is 0 Å². The maximum Gasteiger partial charge on any atom is 0.0631 e. The minimum Gasteiger partial charge on any atom is -0.288 e. The molecule has 78 valence electrons. The smallest absolute Gasteiger partial charge is 0.0631 e. The first-order valence-electron chi connectivity index (χ1n) is 5.04. The SMILES string of the molecule is C=C/C(C)=C(/C)C(=NC)/C(=C\C)CC. The van der Waals surface area contributed by atoms with Crippen LogP contribution < -0.4 is 0 Å². The molecule has 0 aliphatic rings. The average Bonchev–Trinajstić information content (AvgIpc) is 2.23. The molecule has 0 aromatic heterocycles. The number of hydrogen-bond acceptors (Lipinski definition) is 1. The topological polar surface area (TPSA) is 12.4 Å². The van der Waals surface area contributed by atoms with E-state index in [1.807, 2.05) is 13.1 Å². The Hall–Kier alpha value is -1.11. The van der Waals surface area contributed by atoms with Gasteiger partial charge in [-0.25, -0.2) is 0 Å². The van der Waals surface area contributed by atoms with Gasteiger partial charge < -0.3 is 0 Å². The molecule has 0 radical (unpaired) electrons. The van der Waals surface area contributed by atoms with E-state index in [4.69, 9.17) is 0 Å². The van der Waals surface area contributed by atoms with Crippen LogP contribution in [0.25, 0.3) is 0 Å². The highest BCUT2D eigenvalue weighted by atomic mass is 14.7. The van der Waals surface area contributed by atoms with Crippen molar-refractivity contribution in [3.05, 3.63) is 35.5 Å². The Morgan fingerprint density at radius 2 is 1.93 bits per heavy atom. The molecule has 0 fully saturated rings. The second-order valence-corrected chi connectivity index (χ2v) is 3.25. The van der Waals surface area contributed by atoms with Crippen molar-refractivity contribution in [2.24, 2.45) is 4.99 Å². The van der Waals surface area contributed by atoms with Crippen LogP contribution in [0.1, 0.15) is 34.1 Å². The van der Waals surface area contributed by atoms with Crippen LogP contribution in [0.3, 0.4) is 0 Å². The third-order valence-electron chi connectivity index (χ3n) is 2.51. The molecule has 0 spiro atoms. The fraction of sp³-hybridized carbons (Fsp3) is 0.462. The molecule has 0 rings (SSSR count). The molecule has 0 atom stereocenters. The van der Waals surface area contributed by atoms with E-state index in [9.17, 15) is 0 Å². The summed E-state index contributed by atoms with van der Waals surface area (Å²) >= 11 is 0. The summed E-state index contributed by atoms with van der Waals surface area (Å²) in [6.45, 7) is 12.1. The third kappa shape index (κ3) is 2.99. The zero-order valence-corrected chi connectivity index (χ0v) is 10.0. The van der Waals surface area contributed by atoms with Gasteiger partial charge in [-0.2, -0.15) is 0 Å². The summed E-state index contributed by atoms with van der Waals surface area (Å²) in [5, 5.41) is 0. The van der Waals surface area contributed by atoms with Gasteiger partial charge in [0.2, 0.25) is 0 Å². The Morgan fingerprint density at radius 3 is 2.21 bits per heavy atom. The molecular weight excluding hydrogens is 170 g/mol. The minimum absolute atomic E-state index is 1.02. The second kappa shape index (κ2) is 6.36. The van der Waals surface area contributed by atoms with E-state index >= 15 is 0 Å². The van der Waals surface area contributed by atoms with Crippen LogP contribution >= 0.6 is 0 Å². The highest BCUT2D eigenvalue weighted by Crippen LogP contribution is 2.15. The highest BCUT2D eigenvalue weighted by molar-refractivity contribution is 6.12. The van der Waals surface area contributed by atoms with Crippen LogP contribution in [0.5, 0.6) is 0 Å². The Kier molecular flexibility index (Phi) is 5.86. The van der Waals surface area contributed by atoms with Crippen molar-refractivity contribution < 1.29 is 0 Å². The number of aliphatic imine (C=N–C) groups is 1. The van der Waals surface area contributed by atoms with Gasteiger partial charge >= 0.3 is 0 Å². The Labute approximate surface area is 87.9 Å². The first-order chi connectivity index (χ1) is 6.62. The van der Waals surface area contributed by atoms with Gasteiger partial charge in [0, 0.05) is 7.05 Å². The molecule has 14 heavy (non-hydrogen) atoms. The van der Waals surface area contributed by atoms with Crippen LogP contribution in [0.15, 0.2) is 40.4 Å². The van der Waals surface area contributed by atoms with Crippen molar-refractivity contribution in [3.8, 4) is 0 Å². The molecule has 0 unspecified atom stereocenters. The maximum absolute atomic E-state index is 4.34. The van der Waals surface area contributed by atoms with Crippen molar-refractivity contribution in [1.29, 1.82) is 0 Å². The predicted octanol–water partition coefficient (Wildman–Crippen LogP) is 3.94. The van der Waals surface area contributed by atoms with Gasteiger partial charge in [-0.1, -0.05) is 25.7 Å². The van der Waals surface area contributed by atoms with Crippen LogP contribution in [0.4, 0.5) is 0 Å². The summed E-state index contributed by atoms with van der Waals surface area (Å²) in [6.07, 6.45) is 5.02. The van der Waals surface area contributed by atoms with Gasteiger partial charge in [0.15, 0.2) is 0 Å². The lowest BCUT2D eigenvalue weighted by Crippen LogP contribution is -2.05. The van der Waals surface area contributed by atoms with E-state index < -0.39 is 0 Å². The predicted molar refractivity (Wildman–Crippen MR) is 66.0 cm³/mol. The van der Waals surface area contributed by atoms with Crippen molar-refractivity contribution in [1.82, 2.24) is 0 Å². The lowest BCUT2D eigenvalue weighted by atomic mass is 9.97. The van der Waals surface area contributed by atoms with E-state index in [2.05, 4.69) is 45.3 Å². The van der Waals surface area contributed by atoms with Crippen molar-refractivity contribution in [2.45, 2.75) is 34.1 Å². The lowest BCUT2D eigenvalue weighted by molar-refractivity contribution is 1.15. The van der Waals surface area contributed by atoms with Gasteiger partial charge in [-0.3, -0.25) is 4.99 Å². The summed E-state index contributed by atoms with van der Waals surface area (Å²) in [5.41, 5.74) is 4.81. The Balaban J connectivity index is 5.23. The maximum atomic E-state index is 4.34. The molecule has 0 amide bonds. The average molecular weight is 191 g/mol. The number of nitrogens with zero attached hydrogens (tertiary/aromatic N) is 1. The van der Waals surface area contributed by atoms with Crippen molar-refractivity contribution in [2.75, 3.05) is 7.05 Å². The summed E-state index contributed by atoms with van der Waals surface area (Å²) in [4.78, 5) is 4.34. The van der Waals surface area contributed by atoms with Gasteiger partial charge in [0.05, 0.1) is 5.71 Å². The zero-order chi connectivity index (χ0) is 11.1. The lowest BCUT2D eigenvalue weighted by Gasteiger charge is -2.10. The molecule has 0 saturated carbocycles. The number of rotatable bonds is 4. The quantitative estimate of drug-likeness (QED) is 0.471. The number of hydrogen-bond donors (Lipinski definition) is 0. The molecule has 0 heterocycles. The van der Waals surface area contributed by atoms with Crippen LogP contribution in [-0.2, 0) is 0 Å². The van der Waals surface area contributed by atoms with Gasteiger partial charge in [-0.15, -0.1) is 0 Å². The normalized spacial score (nSPS) is 15.2. The second-order valence-electron chi connectivity index (χ2n) is 3.25.